The number of nitrogens with one attached hydrogen (secondary N) is 2. The van der Waals surface area contributed by atoms with Crippen LogP contribution < -0.4 is 10.6 Å². The van der Waals surface area contributed by atoms with Crippen molar-refractivity contribution in [1.82, 2.24) is 10.6 Å². The highest BCUT2D eigenvalue weighted by molar-refractivity contribution is 5.80. The summed E-state index contributed by atoms with van der Waals surface area (Å²) < 4.78 is 26.8. The average Bonchev–Trinajstić information content (AvgIpc) is 2.65. The van der Waals surface area contributed by atoms with E-state index in [2.05, 4.69) is 10.6 Å². The van der Waals surface area contributed by atoms with Crippen molar-refractivity contribution in [2.45, 2.75) is 24.8 Å². The van der Waals surface area contributed by atoms with E-state index in [1.807, 2.05) is 0 Å². The van der Waals surface area contributed by atoms with Gasteiger partial charge in [-0.2, -0.15) is 0 Å². The van der Waals surface area contributed by atoms with Crippen LogP contribution in [0, 0.1) is 21.7 Å². The molecule has 142 valence electrons. The summed E-state index contributed by atoms with van der Waals surface area (Å²) in [6.45, 7) is 1.17. The fourth-order valence-electron chi connectivity index (χ4n) is 3.42. The number of benzene rings is 2. The molecule has 0 aromatic heterocycles. The Bertz CT molecular complexity index is 860. The number of para-hydroxylation sites is 1. The molecule has 27 heavy (non-hydrogen) atoms. The van der Waals surface area contributed by atoms with Crippen LogP contribution in [0.5, 0.6) is 0 Å². The number of hydrogen-bond acceptors (Lipinski definition) is 4. The summed E-state index contributed by atoms with van der Waals surface area (Å²) in [4.78, 5) is 23.0. The van der Waals surface area contributed by atoms with Gasteiger partial charge >= 0.3 is 0 Å². The standard InChI is InChI=1S/C19H19F2N3O3/c20-15-6-5-12(9-16(15)21)14-7-8-22-11-17(14)23-19(25)10-13-3-1-2-4-18(13)24(26)27/h1-6,9,14,17,22H,7-8,10-11H2,(H,23,25). The molecule has 1 amide bonds. The summed E-state index contributed by atoms with van der Waals surface area (Å²) in [5, 5.41) is 17.1. The second-order valence-corrected chi connectivity index (χ2v) is 6.51. The van der Waals surface area contributed by atoms with Crippen LogP contribution in [0.1, 0.15) is 23.5 Å². The molecule has 1 fully saturated rings. The van der Waals surface area contributed by atoms with Crippen LogP contribution in [0.25, 0.3) is 0 Å². The van der Waals surface area contributed by atoms with Gasteiger partial charge in [0.05, 0.1) is 11.3 Å². The van der Waals surface area contributed by atoms with Crippen molar-refractivity contribution >= 4 is 11.6 Å². The maximum atomic E-state index is 13.6. The van der Waals surface area contributed by atoms with E-state index >= 15 is 0 Å². The fourth-order valence-corrected chi connectivity index (χ4v) is 3.42. The highest BCUT2D eigenvalue weighted by Gasteiger charge is 2.29. The molecule has 6 nitrogen and oxygen atoms in total. The number of carbonyl (C=O) groups excluding carboxylic acids is 1. The van der Waals surface area contributed by atoms with Crippen LogP contribution in [0.3, 0.4) is 0 Å². The quantitative estimate of drug-likeness (QED) is 0.622. The van der Waals surface area contributed by atoms with Gasteiger partial charge in [-0.25, -0.2) is 8.78 Å². The zero-order chi connectivity index (χ0) is 19.4. The number of amides is 1. The molecule has 0 aliphatic carbocycles. The Morgan fingerprint density at radius 1 is 1.22 bits per heavy atom. The lowest BCUT2D eigenvalue weighted by atomic mass is 9.86. The summed E-state index contributed by atoms with van der Waals surface area (Å²) in [7, 11) is 0. The molecule has 1 aliphatic rings. The largest absolute Gasteiger partial charge is 0.351 e. The Morgan fingerprint density at radius 3 is 2.74 bits per heavy atom. The third kappa shape index (κ3) is 4.46. The summed E-state index contributed by atoms with van der Waals surface area (Å²) in [5.41, 5.74) is 0.839. The normalized spacial score (nSPS) is 19.5. The maximum absolute atomic E-state index is 13.6. The molecule has 0 spiro atoms. The molecular weight excluding hydrogens is 356 g/mol. The van der Waals surface area contributed by atoms with Gasteiger partial charge in [0.15, 0.2) is 11.6 Å². The zero-order valence-corrected chi connectivity index (χ0v) is 14.5. The molecule has 0 bridgehead atoms. The van der Waals surface area contributed by atoms with E-state index in [1.165, 1.54) is 12.1 Å². The number of nitrogens with zero attached hydrogens (tertiary/aromatic N) is 1. The molecule has 0 saturated carbocycles. The second kappa shape index (κ2) is 8.22. The number of carbonyl (C=O) groups is 1. The Labute approximate surface area is 154 Å². The predicted octanol–water partition coefficient (Wildman–Crippen LogP) is 2.68. The molecule has 8 heteroatoms. The highest BCUT2D eigenvalue weighted by Crippen LogP contribution is 2.27. The average molecular weight is 375 g/mol. The lowest BCUT2D eigenvalue weighted by Crippen LogP contribution is -2.50. The number of nitro benzene ring substituents is 1. The molecule has 2 unspecified atom stereocenters. The lowest BCUT2D eigenvalue weighted by molar-refractivity contribution is -0.385. The van der Waals surface area contributed by atoms with Crippen molar-refractivity contribution in [2.24, 2.45) is 0 Å². The molecule has 1 heterocycles. The van der Waals surface area contributed by atoms with Crippen LogP contribution in [0.15, 0.2) is 42.5 Å². The minimum absolute atomic E-state index is 0.105. The Hall–Kier alpha value is -2.87. The van der Waals surface area contributed by atoms with Gasteiger partial charge in [0, 0.05) is 30.1 Å². The molecule has 1 saturated heterocycles. The number of nitro groups is 1. The van der Waals surface area contributed by atoms with Gasteiger partial charge in [-0.05, 0) is 30.7 Å². The van der Waals surface area contributed by atoms with Gasteiger partial charge in [0.2, 0.25) is 5.91 Å². The van der Waals surface area contributed by atoms with Gasteiger partial charge in [-0.15, -0.1) is 0 Å². The van der Waals surface area contributed by atoms with Crippen molar-refractivity contribution in [1.29, 1.82) is 0 Å². The second-order valence-electron chi connectivity index (χ2n) is 6.51. The molecule has 0 radical (unpaired) electrons. The third-order valence-electron chi connectivity index (χ3n) is 4.74. The summed E-state index contributed by atoms with van der Waals surface area (Å²) in [6.07, 6.45) is 0.527. The van der Waals surface area contributed by atoms with E-state index in [-0.39, 0.29) is 30.0 Å². The summed E-state index contributed by atoms with van der Waals surface area (Å²) in [6, 6.07) is 9.53. The van der Waals surface area contributed by atoms with E-state index in [0.717, 1.165) is 12.1 Å². The first-order chi connectivity index (χ1) is 13.0. The van der Waals surface area contributed by atoms with Crippen LogP contribution in [0.2, 0.25) is 0 Å². The van der Waals surface area contributed by atoms with Crippen LogP contribution in [0.4, 0.5) is 14.5 Å². The summed E-state index contributed by atoms with van der Waals surface area (Å²) in [5.74, 6) is -2.36. The van der Waals surface area contributed by atoms with Crippen molar-refractivity contribution in [2.75, 3.05) is 13.1 Å². The Balaban J connectivity index is 1.73. The molecule has 3 rings (SSSR count). The fraction of sp³-hybridized carbons (Fsp3) is 0.316. The molecular formula is C19H19F2N3O3. The molecule has 2 aromatic rings. The molecule has 2 atom stereocenters. The van der Waals surface area contributed by atoms with Crippen LogP contribution in [-0.2, 0) is 11.2 Å². The maximum Gasteiger partial charge on any atom is 0.273 e. The van der Waals surface area contributed by atoms with Gasteiger partial charge in [-0.3, -0.25) is 14.9 Å². The third-order valence-corrected chi connectivity index (χ3v) is 4.74. The van der Waals surface area contributed by atoms with Gasteiger partial charge in [0.1, 0.15) is 0 Å². The predicted molar refractivity (Wildman–Crippen MR) is 95.3 cm³/mol. The smallest absolute Gasteiger partial charge is 0.273 e. The van der Waals surface area contributed by atoms with E-state index < -0.39 is 16.6 Å². The van der Waals surface area contributed by atoms with Gasteiger partial charge in [0.25, 0.3) is 5.69 Å². The number of piperidine rings is 1. The van der Waals surface area contributed by atoms with Crippen LogP contribution in [-0.4, -0.2) is 30.0 Å². The van der Waals surface area contributed by atoms with Gasteiger partial charge in [-0.1, -0.05) is 24.3 Å². The molecule has 1 aliphatic heterocycles. The lowest BCUT2D eigenvalue weighted by Gasteiger charge is -2.33. The van der Waals surface area contributed by atoms with Gasteiger partial charge < -0.3 is 10.6 Å². The first kappa shape index (κ1) is 18.9. The minimum atomic E-state index is -0.920. The summed E-state index contributed by atoms with van der Waals surface area (Å²) >= 11 is 0. The molecule has 2 N–H and O–H groups in total. The first-order valence-corrected chi connectivity index (χ1v) is 8.63. The van der Waals surface area contributed by atoms with E-state index in [1.54, 1.807) is 18.2 Å². The number of hydrogen-bond donors (Lipinski definition) is 2. The van der Waals surface area contributed by atoms with E-state index in [0.29, 0.717) is 30.6 Å². The highest BCUT2D eigenvalue weighted by atomic mass is 19.2. The SMILES string of the molecule is O=C(Cc1ccccc1[N+](=O)[O-])NC1CNCCC1c1ccc(F)c(F)c1. The van der Waals surface area contributed by atoms with Crippen molar-refractivity contribution in [3.8, 4) is 0 Å². The monoisotopic (exact) mass is 375 g/mol. The number of rotatable bonds is 5. The Morgan fingerprint density at radius 2 is 2.00 bits per heavy atom. The zero-order valence-electron chi connectivity index (χ0n) is 14.5. The first-order valence-electron chi connectivity index (χ1n) is 8.63. The molecule has 2 aromatic carbocycles. The van der Waals surface area contributed by atoms with Crippen molar-refractivity contribution in [3.05, 3.63) is 75.3 Å². The Kier molecular flexibility index (Phi) is 5.75. The van der Waals surface area contributed by atoms with Crippen LogP contribution >= 0.6 is 0 Å². The minimum Gasteiger partial charge on any atom is -0.351 e. The van der Waals surface area contributed by atoms with Crippen molar-refractivity contribution in [3.63, 3.8) is 0 Å². The van der Waals surface area contributed by atoms with E-state index in [9.17, 15) is 23.7 Å². The number of halogens is 2. The van der Waals surface area contributed by atoms with Crippen molar-refractivity contribution < 1.29 is 18.5 Å². The van der Waals surface area contributed by atoms with E-state index in [4.69, 9.17) is 0 Å². The topological polar surface area (TPSA) is 84.3 Å².